The molecule has 0 spiro atoms. The van der Waals surface area contributed by atoms with E-state index >= 15 is 0 Å². The summed E-state index contributed by atoms with van der Waals surface area (Å²) in [5, 5.41) is 0. The number of benzene rings is 8. The molecule has 4 N–H and O–H groups in total. The van der Waals surface area contributed by atoms with Gasteiger partial charge in [0.15, 0.2) is 0 Å². The molecule has 0 saturated heterocycles. The van der Waals surface area contributed by atoms with E-state index in [1.54, 1.807) is 0 Å². The van der Waals surface area contributed by atoms with Gasteiger partial charge in [-0.25, -0.2) is 19.9 Å². The molecule has 8 aromatic carbocycles. The highest BCUT2D eigenvalue weighted by Crippen LogP contribution is 2.50. The third-order valence-electron chi connectivity index (χ3n) is 30.1. The van der Waals surface area contributed by atoms with Crippen LogP contribution in [0.15, 0.2) is 206 Å². The summed E-state index contributed by atoms with van der Waals surface area (Å²) in [6.45, 7) is 83.5. The molecule has 0 unspecified atom stereocenters. The average Bonchev–Trinajstić information content (AvgIpc) is 1.60. The maximum absolute atomic E-state index is 5.93. The van der Waals surface area contributed by atoms with Crippen LogP contribution >= 0.6 is 0 Å². The normalized spacial score (nSPS) is 13.5. The first-order chi connectivity index (χ1) is 68.8. The molecule has 8 nitrogen and oxygen atoms in total. The van der Waals surface area contributed by atoms with E-state index < -0.39 is 0 Å². The predicted octanol–water partition coefficient (Wildman–Crippen LogP) is 37.9. The highest BCUT2D eigenvalue weighted by molar-refractivity contribution is 6.04. The summed E-state index contributed by atoms with van der Waals surface area (Å²) in [6, 6.07) is 78.6. The molecule has 0 radical (unpaired) electrons. The Morgan fingerprint density at radius 2 is 0.270 bits per heavy atom. The van der Waals surface area contributed by atoms with Crippen molar-refractivity contribution in [2.75, 3.05) is 0 Å². The van der Waals surface area contributed by atoms with Crippen LogP contribution in [-0.4, -0.2) is 39.9 Å². The highest BCUT2D eigenvalue weighted by atomic mass is 14.8. The fourth-order valence-electron chi connectivity index (χ4n) is 20.3. The highest BCUT2D eigenvalue weighted by Gasteiger charge is 2.34. The number of nitrogens with zero attached hydrogens (tertiary/aromatic N) is 4. The van der Waals surface area contributed by atoms with Gasteiger partial charge in [-0.15, -0.1) is 0 Å². The van der Waals surface area contributed by atoms with Crippen molar-refractivity contribution in [2.45, 2.75) is 314 Å². The summed E-state index contributed by atoms with van der Waals surface area (Å²) in [7, 11) is 0. The van der Waals surface area contributed by atoms with E-state index in [1.807, 2.05) is 0 Å². The smallest absolute Gasteiger partial charge is 0.0737 e. The Hall–Kier alpha value is -13.9. The first-order valence-electron chi connectivity index (χ1n) is 53.4. The average molecular weight is 1950 g/mol. The van der Waals surface area contributed by atoms with Gasteiger partial charge in [0.05, 0.1) is 45.6 Å². The summed E-state index contributed by atoms with van der Waals surface area (Å²) >= 11 is 0. The number of aromatic nitrogens is 8. The lowest BCUT2D eigenvalue weighted by Gasteiger charge is -2.26. The Morgan fingerprint density at radius 3 is 0.392 bits per heavy atom. The van der Waals surface area contributed by atoms with Crippen LogP contribution in [0, 0.1) is 23.7 Å². The van der Waals surface area contributed by atoms with Gasteiger partial charge in [0.1, 0.15) is 0 Å². The second kappa shape index (κ2) is 37.1. The zero-order valence-corrected chi connectivity index (χ0v) is 95.0. The number of hydrogen-bond donors (Lipinski definition) is 4. The SMILES string of the molecule is CC(C)(C)c1cc(-c2c3nc(c(-c4cc(C(C)(C)C)cc(C(C)(C)C)c4)c4ccc([nH]4)c(-c4cc(C(C)(C)C)cc(C(C)(C)C)c4)c4nc(c(-c5ccc(C#CC#Cc6ccc(-c7c8nc(c(-c9cc(C(C)(C)C)cc(C(C)(C)C)c9)c9ccc([nH]9)c(-c9cc(C(C)(C)C)cc(C(C)(C)C)c9)c9nc(c(-c%10cc(C(C)(C)C)cc(C(C)(C)C)c%10)c%10ccc7[nH]%10)C=C9)C=C8)cc6)cc5)c5ccc2[nH]5)C=C4)C=C3)cc(C(C)(C)C)c1. The van der Waals surface area contributed by atoms with Gasteiger partial charge in [0.2, 0.25) is 0 Å². The van der Waals surface area contributed by atoms with Gasteiger partial charge in [-0.3, -0.25) is 0 Å². The summed E-state index contributed by atoms with van der Waals surface area (Å²) < 4.78 is 0. The van der Waals surface area contributed by atoms with E-state index in [0.717, 1.165) is 190 Å². The van der Waals surface area contributed by atoms with Crippen molar-refractivity contribution >= 4 is 92.7 Å². The fourth-order valence-corrected chi connectivity index (χ4v) is 20.3. The van der Waals surface area contributed by atoms with E-state index in [-0.39, 0.29) is 65.0 Å². The number of aromatic amines is 4. The maximum Gasteiger partial charge on any atom is 0.0737 e. The third-order valence-corrected chi connectivity index (χ3v) is 30.1. The van der Waals surface area contributed by atoms with Gasteiger partial charge in [0, 0.05) is 99.8 Å². The summed E-state index contributed by atoms with van der Waals surface area (Å²) in [5.74, 6) is 13.5. The van der Waals surface area contributed by atoms with Crippen LogP contribution in [0.4, 0.5) is 0 Å². The number of nitrogens with one attached hydrogen (secondary N) is 4. The zero-order valence-electron chi connectivity index (χ0n) is 95.0. The number of H-pyrrole nitrogens is 4. The molecular formula is C140H154N8. The van der Waals surface area contributed by atoms with Crippen molar-refractivity contribution < 1.29 is 0 Å². The summed E-state index contributed by atoms with van der Waals surface area (Å²) in [4.78, 5) is 40.2. The Morgan fingerprint density at radius 1 is 0.149 bits per heavy atom. The molecule has 0 aliphatic carbocycles. The maximum atomic E-state index is 5.93. The van der Waals surface area contributed by atoms with Gasteiger partial charge in [-0.05, 0) is 309 Å². The lowest BCUT2D eigenvalue weighted by atomic mass is 9.78. The molecule has 0 fully saturated rings. The molecular weight excluding hydrogens is 1790 g/mol. The van der Waals surface area contributed by atoms with Crippen LogP contribution in [0.25, 0.3) is 182 Å². The minimum atomic E-state index is -0.160. The summed E-state index contributed by atoms with van der Waals surface area (Å²) in [6.07, 6.45) is 17.8. The van der Waals surface area contributed by atoms with Crippen molar-refractivity contribution in [3.63, 3.8) is 0 Å². The first kappa shape index (κ1) is 104. The van der Waals surface area contributed by atoms with Crippen LogP contribution in [0.5, 0.6) is 0 Å². The molecule has 16 bridgehead atoms. The molecule has 4 aliphatic heterocycles. The fraction of sp³-hybridized carbons (Fsp3) is 0.343. The van der Waals surface area contributed by atoms with Crippen molar-refractivity contribution in [2.24, 2.45) is 0 Å². The zero-order chi connectivity index (χ0) is 107. The lowest BCUT2D eigenvalue weighted by molar-refractivity contribution is 0.568. The molecule has 148 heavy (non-hydrogen) atoms. The summed E-state index contributed by atoms with van der Waals surface area (Å²) in [5.41, 5.74) is 46.0. The van der Waals surface area contributed by atoms with Crippen molar-refractivity contribution in [1.29, 1.82) is 0 Å². The molecule has 0 amide bonds. The molecule has 6 aromatic heterocycles. The van der Waals surface area contributed by atoms with Crippen LogP contribution < -0.4 is 0 Å². The predicted molar refractivity (Wildman–Crippen MR) is 639 cm³/mol. The van der Waals surface area contributed by atoms with Gasteiger partial charge in [-0.1, -0.05) is 395 Å². The van der Waals surface area contributed by atoms with E-state index in [2.05, 4.69) is 548 Å². The largest absolute Gasteiger partial charge is 0.354 e. The van der Waals surface area contributed by atoms with E-state index in [0.29, 0.717) is 0 Å². The minimum Gasteiger partial charge on any atom is -0.354 e. The topological polar surface area (TPSA) is 115 Å². The van der Waals surface area contributed by atoms with Gasteiger partial charge >= 0.3 is 0 Å². The Bertz CT molecular complexity index is 7540. The van der Waals surface area contributed by atoms with Crippen LogP contribution in [0.3, 0.4) is 0 Å². The van der Waals surface area contributed by atoms with E-state index in [4.69, 9.17) is 19.9 Å². The van der Waals surface area contributed by atoms with Crippen molar-refractivity contribution in [1.82, 2.24) is 39.9 Å². The molecule has 754 valence electrons. The number of hydrogen-bond acceptors (Lipinski definition) is 4. The standard InChI is InChI=1S/C140H154N8/c1-129(2,3)93-65-87(66-94(77-93)130(4,5)6)123-109-53-49-105(141-109)121(106-50-54-110(142-106)124(88-67-95(131(7,8)9)78-96(68-88)132(10,11)12)114-58-62-118(146-114)127(117-61-57-113(123)145-117)91-73-101(137(25,26)27)81-102(74-91)138(28,29)30)85-45-41-83(42-46-85)39-37-38-40-84-43-47-86(48-44-84)122-107-51-55-111(143-107)125(89-69-97(133(13,14)15)79-98(70-89)134(16,17)18)115-59-63-119(147-115)128(92-75-103(139(31,32)33)82-104(76-92)140(34,35)36)120-64-60-116(148-120)126(112-56-52-108(122)144-112)90-71-99(135(19,20)21)80-100(72-90)136(22,23)24/h41-82,141,143,146,148H,1-36H3. The van der Waals surface area contributed by atoms with Gasteiger partial charge < -0.3 is 19.9 Å². The van der Waals surface area contributed by atoms with E-state index in [9.17, 15) is 0 Å². The van der Waals surface area contributed by atoms with Crippen LogP contribution in [0.2, 0.25) is 0 Å². The second-order valence-corrected chi connectivity index (χ2v) is 54.5. The lowest BCUT2D eigenvalue weighted by Crippen LogP contribution is -2.16. The minimum absolute atomic E-state index is 0.145. The molecule has 0 atom stereocenters. The van der Waals surface area contributed by atoms with Gasteiger partial charge in [-0.2, -0.15) is 0 Å². The molecule has 4 aliphatic rings. The Balaban J connectivity index is 0.812. The molecule has 8 heteroatoms. The number of rotatable bonds is 8. The number of fused-ring (bicyclic) bond motifs is 16. The quantitative estimate of drug-likeness (QED) is 0.113. The Kier molecular flexibility index (Phi) is 26.1. The third kappa shape index (κ3) is 21.5. The van der Waals surface area contributed by atoms with Crippen LogP contribution in [-0.2, 0) is 65.0 Å². The molecule has 10 heterocycles. The van der Waals surface area contributed by atoms with Crippen molar-refractivity contribution in [3.05, 3.63) is 330 Å². The second-order valence-electron chi connectivity index (χ2n) is 54.5. The molecule has 18 rings (SSSR count). The Labute approximate surface area is 883 Å². The van der Waals surface area contributed by atoms with Gasteiger partial charge in [0.25, 0.3) is 0 Å². The van der Waals surface area contributed by atoms with E-state index in [1.165, 1.54) is 66.8 Å². The molecule has 14 aromatic rings. The molecule has 0 saturated carbocycles. The van der Waals surface area contributed by atoms with Crippen LogP contribution in [0.1, 0.15) is 373 Å². The first-order valence-corrected chi connectivity index (χ1v) is 53.4. The monoisotopic (exact) mass is 1950 g/mol. The van der Waals surface area contributed by atoms with Crippen molar-refractivity contribution in [3.8, 4) is 113 Å².